The van der Waals surface area contributed by atoms with Crippen LogP contribution in [0, 0.1) is 23.7 Å². The molecule has 244 valence electrons. The number of carbonyl (C=O) groups excluding carboxylic acids is 5. The Morgan fingerprint density at radius 3 is 2.39 bits per heavy atom. The zero-order valence-electron chi connectivity index (χ0n) is 26.5. The van der Waals surface area contributed by atoms with Gasteiger partial charge in [-0.15, -0.1) is 0 Å². The number of ketones is 4. The predicted molar refractivity (Wildman–Crippen MR) is 166 cm³/mol. The van der Waals surface area contributed by atoms with Gasteiger partial charge in [0.2, 0.25) is 5.91 Å². The standard InChI is InChI=1S/C34H40N4O8/c1-36(2)28-22-15-18-14-21-20(17-5-8-24(46-4)19(13-17)16-38-11-9-37(3)10-12-38)6-7-23(39)26(21)29(40)25(18)31(42)34(22,45)32(43)27(30(28)41)33(35)44/h5-8,13,18,22,25,27-28,39,45H,9-12,14-16H2,1-4H3,(H2,35,44)/t18-,22-,25?,27?,28-,34-/m0/s1. The number of carbonyl (C=O) groups is 5. The van der Waals surface area contributed by atoms with Gasteiger partial charge < -0.3 is 25.6 Å². The highest BCUT2D eigenvalue weighted by Gasteiger charge is 2.69. The summed E-state index contributed by atoms with van der Waals surface area (Å²) in [5.41, 5.74) is 5.68. The smallest absolute Gasteiger partial charge is 0.235 e. The average Bonchev–Trinajstić information content (AvgIpc) is 3.00. The van der Waals surface area contributed by atoms with Crippen LogP contribution in [-0.4, -0.2) is 120 Å². The van der Waals surface area contributed by atoms with E-state index < -0.39 is 64.4 Å². The Kier molecular flexibility index (Phi) is 8.12. The number of piperazine rings is 1. The summed E-state index contributed by atoms with van der Waals surface area (Å²) >= 11 is 0. The Bertz CT molecular complexity index is 1650. The van der Waals surface area contributed by atoms with E-state index in [1.54, 1.807) is 27.3 Å². The normalized spacial score (nSPS) is 30.2. The highest BCUT2D eigenvalue weighted by molar-refractivity contribution is 6.32. The van der Waals surface area contributed by atoms with E-state index in [0.29, 0.717) is 17.7 Å². The molecule has 1 saturated heterocycles. The molecule has 4 aliphatic rings. The first-order valence-electron chi connectivity index (χ1n) is 15.6. The van der Waals surface area contributed by atoms with Gasteiger partial charge in [0.1, 0.15) is 11.5 Å². The van der Waals surface area contributed by atoms with Gasteiger partial charge in [-0.3, -0.25) is 33.8 Å². The van der Waals surface area contributed by atoms with Crippen LogP contribution in [-0.2, 0) is 32.1 Å². The number of phenolic OH excluding ortho intramolecular Hbond substituents is 1. The van der Waals surface area contributed by atoms with Crippen LogP contribution >= 0.6 is 0 Å². The summed E-state index contributed by atoms with van der Waals surface area (Å²) in [7, 11) is 6.85. The van der Waals surface area contributed by atoms with Crippen LogP contribution in [0.1, 0.15) is 27.9 Å². The highest BCUT2D eigenvalue weighted by Crippen LogP contribution is 2.52. The van der Waals surface area contributed by atoms with Gasteiger partial charge in [-0.1, -0.05) is 12.1 Å². The summed E-state index contributed by atoms with van der Waals surface area (Å²) in [6.07, 6.45) is 0.186. The number of Topliss-reactive ketones (excluding diaryl/α,β-unsaturated/α-hetero) is 4. The Morgan fingerprint density at radius 2 is 1.76 bits per heavy atom. The first-order valence-corrected chi connectivity index (χ1v) is 15.6. The van der Waals surface area contributed by atoms with Crippen LogP contribution in [0.15, 0.2) is 30.3 Å². The third-order valence-electron chi connectivity index (χ3n) is 10.5. The number of aromatic hydroxyl groups is 1. The number of nitrogens with zero attached hydrogens (tertiary/aromatic N) is 3. The highest BCUT2D eigenvalue weighted by atomic mass is 16.5. The molecule has 2 aromatic rings. The van der Waals surface area contributed by atoms with Crippen LogP contribution in [0.4, 0.5) is 0 Å². The van der Waals surface area contributed by atoms with E-state index in [4.69, 9.17) is 10.5 Å². The molecule has 2 saturated carbocycles. The zero-order valence-corrected chi connectivity index (χ0v) is 26.5. The molecule has 0 aromatic heterocycles. The number of hydrogen-bond acceptors (Lipinski definition) is 11. The Morgan fingerprint density at radius 1 is 1.07 bits per heavy atom. The second kappa shape index (κ2) is 11.7. The number of phenols is 1. The Balaban J connectivity index is 1.41. The van der Waals surface area contributed by atoms with Gasteiger partial charge in [-0.2, -0.15) is 0 Å². The molecule has 3 fully saturated rings. The molecular weight excluding hydrogens is 592 g/mol. The van der Waals surface area contributed by atoms with Crippen LogP contribution in [0.5, 0.6) is 11.5 Å². The number of fused-ring (bicyclic) bond motifs is 3. The lowest BCUT2D eigenvalue weighted by atomic mass is 9.52. The number of aliphatic hydroxyl groups is 1. The maximum Gasteiger partial charge on any atom is 0.235 e. The minimum Gasteiger partial charge on any atom is -0.507 e. The van der Waals surface area contributed by atoms with Gasteiger partial charge >= 0.3 is 0 Å². The molecule has 3 aliphatic carbocycles. The minimum absolute atomic E-state index is 0.00371. The Hall–Kier alpha value is -3.97. The van der Waals surface area contributed by atoms with Crippen LogP contribution in [0.3, 0.4) is 0 Å². The summed E-state index contributed by atoms with van der Waals surface area (Å²) in [4.78, 5) is 73.4. The first-order chi connectivity index (χ1) is 21.8. The van der Waals surface area contributed by atoms with E-state index in [9.17, 15) is 34.2 Å². The van der Waals surface area contributed by atoms with Crippen LogP contribution < -0.4 is 10.5 Å². The zero-order chi connectivity index (χ0) is 33.2. The van der Waals surface area contributed by atoms with Crippen molar-refractivity contribution >= 4 is 29.0 Å². The number of methoxy groups -OCH3 is 1. The Labute approximate surface area is 267 Å². The quantitative estimate of drug-likeness (QED) is 0.374. The van der Waals surface area contributed by atoms with Crippen molar-refractivity contribution in [3.63, 3.8) is 0 Å². The van der Waals surface area contributed by atoms with Crippen molar-refractivity contribution in [3.05, 3.63) is 47.0 Å². The number of likely N-dealkylation sites (N-methyl/N-ethyl adjacent to an activating group) is 2. The van der Waals surface area contributed by atoms with Crippen molar-refractivity contribution in [1.29, 1.82) is 0 Å². The van der Waals surface area contributed by atoms with Crippen molar-refractivity contribution in [2.45, 2.75) is 31.0 Å². The fourth-order valence-corrected chi connectivity index (χ4v) is 8.19. The number of benzene rings is 2. The minimum atomic E-state index is -2.75. The molecular formula is C34H40N4O8. The molecule has 12 heteroatoms. The van der Waals surface area contributed by atoms with Gasteiger partial charge in [0, 0.05) is 44.2 Å². The van der Waals surface area contributed by atoms with Crippen molar-refractivity contribution < 1.29 is 38.9 Å². The van der Waals surface area contributed by atoms with E-state index in [-0.39, 0.29) is 24.2 Å². The largest absolute Gasteiger partial charge is 0.507 e. The maximum atomic E-state index is 14.1. The molecule has 0 spiro atoms. The molecule has 1 heterocycles. The summed E-state index contributed by atoms with van der Waals surface area (Å²) in [5, 5.41) is 22.8. The molecule has 0 bridgehead atoms. The number of amides is 1. The number of nitrogens with two attached hydrogens (primary N) is 1. The van der Waals surface area contributed by atoms with E-state index in [2.05, 4.69) is 16.8 Å². The third kappa shape index (κ3) is 4.86. The van der Waals surface area contributed by atoms with E-state index in [0.717, 1.165) is 43.1 Å². The van der Waals surface area contributed by atoms with Gasteiger partial charge in [0.25, 0.3) is 0 Å². The summed E-state index contributed by atoms with van der Waals surface area (Å²) in [6, 6.07) is 7.81. The lowest BCUT2D eigenvalue weighted by molar-refractivity contribution is -0.181. The molecule has 1 aliphatic heterocycles. The molecule has 12 nitrogen and oxygen atoms in total. The summed E-state index contributed by atoms with van der Waals surface area (Å²) in [5.74, 6) is -9.90. The van der Waals surface area contributed by atoms with Crippen molar-refractivity contribution in [3.8, 4) is 22.6 Å². The van der Waals surface area contributed by atoms with E-state index >= 15 is 0 Å². The van der Waals surface area contributed by atoms with Gasteiger partial charge in [-0.05, 0) is 74.8 Å². The predicted octanol–water partition coefficient (Wildman–Crippen LogP) is 0.290. The molecule has 6 rings (SSSR count). The fraction of sp³-hybridized carbons (Fsp3) is 0.500. The molecule has 6 atom stereocenters. The SMILES string of the molecule is COc1ccc(-c2ccc(O)c3c2C[C@H]2C[C@H]4[C@H](N(C)C)C(=O)C(C(N)=O)C(=O)[C@@]4(O)C(=O)C2C3=O)cc1CN1CCN(C)CC1. The average molecular weight is 633 g/mol. The number of hydrogen-bond donors (Lipinski definition) is 3. The molecule has 4 N–H and O–H groups in total. The van der Waals surface area contributed by atoms with Crippen LogP contribution in [0.2, 0.25) is 0 Å². The molecule has 46 heavy (non-hydrogen) atoms. The van der Waals surface area contributed by atoms with Crippen LogP contribution in [0.25, 0.3) is 11.1 Å². The third-order valence-corrected chi connectivity index (χ3v) is 10.5. The number of primary amides is 1. The van der Waals surface area contributed by atoms with Gasteiger partial charge in [0.05, 0.1) is 24.6 Å². The molecule has 0 radical (unpaired) electrons. The second-order valence-electron chi connectivity index (χ2n) is 13.4. The number of rotatable bonds is 6. The monoisotopic (exact) mass is 632 g/mol. The van der Waals surface area contributed by atoms with Crippen molar-refractivity contribution in [1.82, 2.24) is 14.7 Å². The molecule has 2 aromatic carbocycles. The van der Waals surface area contributed by atoms with E-state index in [1.807, 2.05) is 18.2 Å². The molecule has 2 unspecified atom stereocenters. The lowest BCUT2D eigenvalue weighted by Crippen LogP contribution is -2.74. The first kappa shape index (κ1) is 32.0. The second-order valence-corrected chi connectivity index (χ2v) is 13.4. The topological polar surface area (TPSA) is 171 Å². The summed E-state index contributed by atoms with van der Waals surface area (Å²) in [6.45, 7) is 4.42. The summed E-state index contributed by atoms with van der Waals surface area (Å²) < 4.78 is 5.68. The van der Waals surface area contributed by atoms with Gasteiger partial charge in [-0.25, -0.2) is 0 Å². The fourth-order valence-electron chi connectivity index (χ4n) is 8.19. The van der Waals surface area contributed by atoms with Crippen molar-refractivity contribution in [2.24, 2.45) is 29.4 Å². The van der Waals surface area contributed by atoms with Gasteiger partial charge in [0.15, 0.2) is 34.7 Å². The lowest BCUT2D eigenvalue weighted by Gasteiger charge is -2.52. The van der Waals surface area contributed by atoms with Crippen molar-refractivity contribution in [2.75, 3.05) is 54.4 Å². The van der Waals surface area contributed by atoms with E-state index in [1.165, 1.54) is 11.0 Å². The number of ether oxygens (including phenoxy) is 1. The maximum absolute atomic E-state index is 14.1. The molecule has 1 amide bonds.